The van der Waals surface area contributed by atoms with Gasteiger partial charge in [0.05, 0.1) is 26.9 Å². The number of halogens is 2. The smallest absolute Gasteiger partial charge is 0.280 e. The Labute approximate surface area is 184 Å². The Hall–Kier alpha value is -3.23. The number of benzene rings is 2. The monoisotopic (exact) mass is 485 g/mol. The zero-order valence-electron chi connectivity index (χ0n) is 15.5. The number of anilines is 1. The largest absolute Gasteiger partial charge is 0.457 e. The second-order valence-corrected chi connectivity index (χ2v) is 7.78. The summed E-state index contributed by atoms with van der Waals surface area (Å²) in [6.07, 6.45) is 1.59. The minimum absolute atomic E-state index is 0.0928. The highest BCUT2D eigenvalue weighted by Crippen LogP contribution is 2.33. The maximum atomic E-state index is 12.8. The third-order valence-electron chi connectivity index (χ3n) is 4.47. The van der Waals surface area contributed by atoms with Crippen LogP contribution >= 0.6 is 27.5 Å². The van der Waals surface area contributed by atoms with Gasteiger partial charge in [-0.15, -0.1) is 0 Å². The number of hydrogen-bond donors (Lipinski definition) is 0. The maximum absolute atomic E-state index is 12.8. The molecule has 1 amide bonds. The van der Waals surface area contributed by atoms with Gasteiger partial charge < -0.3 is 4.42 Å². The molecule has 2 heterocycles. The zero-order chi connectivity index (χ0) is 21.4. The number of nitro groups is 1. The summed E-state index contributed by atoms with van der Waals surface area (Å²) in [6.45, 7) is 1.74. The normalized spacial score (nSPS) is 15.0. The van der Waals surface area contributed by atoms with Crippen LogP contribution in [-0.4, -0.2) is 16.5 Å². The standard InChI is InChI=1S/C21H13BrClN3O4/c1-12-17(21(27)25(24-12)14-4-2-13(22)3-5-14)11-16-7-9-20(30-16)18-10-15(26(28)29)6-8-19(18)23/h2-11H,1H3. The predicted molar refractivity (Wildman–Crippen MR) is 119 cm³/mol. The van der Waals surface area contributed by atoms with E-state index >= 15 is 0 Å². The quantitative estimate of drug-likeness (QED) is 0.254. The minimum atomic E-state index is -0.501. The van der Waals surface area contributed by atoms with Crippen molar-refractivity contribution in [2.24, 2.45) is 5.10 Å². The van der Waals surface area contributed by atoms with Crippen LogP contribution < -0.4 is 5.01 Å². The average molecular weight is 487 g/mol. The van der Waals surface area contributed by atoms with Gasteiger partial charge in [-0.1, -0.05) is 27.5 Å². The number of amides is 1. The molecule has 3 aromatic rings. The number of nitro benzene ring substituents is 1. The third kappa shape index (κ3) is 3.79. The van der Waals surface area contributed by atoms with Gasteiger partial charge in [0.2, 0.25) is 0 Å². The molecule has 4 rings (SSSR count). The molecule has 0 unspecified atom stereocenters. The maximum Gasteiger partial charge on any atom is 0.280 e. The zero-order valence-corrected chi connectivity index (χ0v) is 17.8. The Morgan fingerprint density at radius 2 is 1.90 bits per heavy atom. The van der Waals surface area contributed by atoms with Crippen molar-refractivity contribution in [2.45, 2.75) is 6.92 Å². The number of furan rings is 1. The van der Waals surface area contributed by atoms with Crippen LogP contribution in [0.15, 0.2) is 74.2 Å². The number of hydrogen-bond acceptors (Lipinski definition) is 5. The van der Waals surface area contributed by atoms with E-state index in [2.05, 4.69) is 21.0 Å². The molecular formula is C21H13BrClN3O4. The molecule has 0 atom stereocenters. The summed E-state index contributed by atoms with van der Waals surface area (Å²) in [5, 5.41) is 17.0. The van der Waals surface area contributed by atoms with E-state index in [0.29, 0.717) is 39.1 Å². The van der Waals surface area contributed by atoms with Crippen molar-refractivity contribution in [1.29, 1.82) is 0 Å². The SMILES string of the molecule is CC1=NN(c2ccc(Br)cc2)C(=O)C1=Cc1ccc(-c2cc([N+](=O)[O-])ccc2Cl)o1. The molecule has 150 valence electrons. The number of carbonyl (C=O) groups is 1. The van der Waals surface area contributed by atoms with Crippen molar-refractivity contribution in [3.05, 3.63) is 85.5 Å². The van der Waals surface area contributed by atoms with Crippen molar-refractivity contribution in [1.82, 2.24) is 0 Å². The van der Waals surface area contributed by atoms with Gasteiger partial charge in [-0.05, 0) is 55.5 Å². The Morgan fingerprint density at radius 1 is 1.17 bits per heavy atom. The Morgan fingerprint density at radius 3 is 2.60 bits per heavy atom. The number of rotatable bonds is 4. The lowest BCUT2D eigenvalue weighted by molar-refractivity contribution is -0.384. The number of hydrazone groups is 1. The van der Waals surface area contributed by atoms with Gasteiger partial charge in [-0.2, -0.15) is 10.1 Å². The van der Waals surface area contributed by atoms with Gasteiger partial charge in [0.25, 0.3) is 11.6 Å². The van der Waals surface area contributed by atoms with Crippen LogP contribution in [-0.2, 0) is 4.79 Å². The van der Waals surface area contributed by atoms with Crippen molar-refractivity contribution in [3.8, 4) is 11.3 Å². The molecule has 1 aromatic heterocycles. The third-order valence-corrected chi connectivity index (χ3v) is 5.33. The fourth-order valence-corrected chi connectivity index (χ4v) is 3.45. The van der Waals surface area contributed by atoms with Gasteiger partial charge in [0.1, 0.15) is 11.5 Å². The van der Waals surface area contributed by atoms with E-state index in [1.165, 1.54) is 23.2 Å². The van der Waals surface area contributed by atoms with Crippen molar-refractivity contribution < 1.29 is 14.1 Å². The lowest BCUT2D eigenvalue weighted by atomic mass is 10.1. The summed E-state index contributed by atoms with van der Waals surface area (Å²) in [5.41, 5.74) is 1.90. The van der Waals surface area contributed by atoms with E-state index in [9.17, 15) is 14.9 Å². The van der Waals surface area contributed by atoms with Crippen LogP contribution in [0.3, 0.4) is 0 Å². The van der Waals surface area contributed by atoms with E-state index in [-0.39, 0.29) is 11.6 Å². The Kier molecular flexibility index (Phi) is 5.27. The Balaban J connectivity index is 1.64. The Bertz CT molecular complexity index is 1230. The summed E-state index contributed by atoms with van der Waals surface area (Å²) < 4.78 is 6.69. The minimum Gasteiger partial charge on any atom is -0.457 e. The predicted octanol–water partition coefficient (Wildman–Crippen LogP) is 6.08. The molecule has 0 N–H and O–H groups in total. The summed E-state index contributed by atoms with van der Waals surface area (Å²) in [7, 11) is 0. The first-order chi connectivity index (χ1) is 14.3. The highest BCUT2D eigenvalue weighted by molar-refractivity contribution is 9.10. The van der Waals surface area contributed by atoms with E-state index in [0.717, 1.165) is 4.47 Å². The molecule has 0 saturated heterocycles. The first-order valence-corrected chi connectivity index (χ1v) is 9.92. The molecule has 1 aliphatic heterocycles. The van der Waals surface area contributed by atoms with Gasteiger partial charge in [0, 0.05) is 22.2 Å². The summed E-state index contributed by atoms with van der Waals surface area (Å²) in [6, 6.07) is 14.7. The molecule has 7 nitrogen and oxygen atoms in total. The first-order valence-electron chi connectivity index (χ1n) is 8.75. The van der Waals surface area contributed by atoms with Crippen molar-refractivity contribution in [2.75, 3.05) is 5.01 Å². The first kappa shape index (κ1) is 20.1. The molecule has 0 aliphatic carbocycles. The molecule has 1 aliphatic rings. The van der Waals surface area contributed by atoms with Crippen LogP contribution in [0.2, 0.25) is 5.02 Å². The number of non-ortho nitro benzene ring substituents is 1. The average Bonchev–Trinajstić information content (AvgIpc) is 3.29. The molecular weight excluding hydrogens is 474 g/mol. The van der Waals surface area contributed by atoms with Gasteiger partial charge in [0.15, 0.2) is 0 Å². The van der Waals surface area contributed by atoms with Crippen LogP contribution in [0, 0.1) is 10.1 Å². The van der Waals surface area contributed by atoms with E-state index in [1.807, 2.05) is 12.1 Å². The molecule has 0 spiro atoms. The number of carbonyl (C=O) groups excluding carboxylic acids is 1. The van der Waals surface area contributed by atoms with E-state index in [4.69, 9.17) is 16.0 Å². The summed E-state index contributed by atoms with van der Waals surface area (Å²) in [5.74, 6) is 0.490. The molecule has 9 heteroatoms. The summed E-state index contributed by atoms with van der Waals surface area (Å²) in [4.78, 5) is 23.4. The molecule has 0 fully saturated rings. The van der Waals surface area contributed by atoms with Gasteiger partial charge in [-0.25, -0.2) is 0 Å². The van der Waals surface area contributed by atoms with Gasteiger partial charge in [-0.3, -0.25) is 14.9 Å². The van der Waals surface area contributed by atoms with Crippen molar-refractivity contribution >= 4 is 56.6 Å². The fraction of sp³-hybridized carbons (Fsp3) is 0.0476. The van der Waals surface area contributed by atoms with Crippen LogP contribution in [0.5, 0.6) is 0 Å². The van der Waals surface area contributed by atoms with E-state index < -0.39 is 4.92 Å². The number of nitrogens with zero attached hydrogens (tertiary/aromatic N) is 3. The second kappa shape index (κ2) is 7.89. The molecule has 30 heavy (non-hydrogen) atoms. The fourth-order valence-electron chi connectivity index (χ4n) is 2.97. The van der Waals surface area contributed by atoms with Crippen LogP contribution in [0.25, 0.3) is 17.4 Å². The topological polar surface area (TPSA) is 89.0 Å². The lowest BCUT2D eigenvalue weighted by Gasteiger charge is -2.11. The molecule has 0 bridgehead atoms. The van der Waals surface area contributed by atoms with Crippen LogP contribution in [0.1, 0.15) is 12.7 Å². The summed E-state index contributed by atoms with van der Waals surface area (Å²) >= 11 is 9.54. The molecule has 2 aromatic carbocycles. The van der Waals surface area contributed by atoms with Gasteiger partial charge >= 0.3 is 0 Å². The second-order valence-electron chi connectivity index (χ2n) is 6.46. The van der Waals surface area contributed by atoms with Crippen molar-refractivity contribution in [3.63, 3.8) is 0 Å². The van der Waals surface area contributed by atoms with E-state index in [1.54, 1.807) is 37.3 Å². The highest BCUT2D eigenvalue weighted by atomic mass is 79.9. The highest BCUT2D eigenvalue weighted by Gasteiger charge is 2.29. The molecule has 0 saturated carbocycles. The van der Waals surface area contributed by atoms with Crippen LogP contribution in [0.4, 0.5) is 11.4 Å². The lowest BCUT2D eigenvalue weighted by Crippen LogP contribution is -2.21. The molecule has 0 radical (unpaired) electrons.